The molecule has 64 valence electrons. The van der Waals surface area contributed by atoms with E-state index < -0.39 is 0 Å². The van der Waals surface area contributed by atoms with E-state index in [0.29, 0.717) is 11.6 Å². The van der Waals surface area contributed by atoms with E-state index in [1.807, 2.05) is 18.2 Å². The predicted molar refractivity (Wildman–Crippen MR) is 53.0 cm³/mol. The van der Waals surface area contributed by atoms with Crippen LogP contribution in [0.5, 0.6) is 0 Å². The van der Waals surface area contributed by atoms with Crippen molar-refractivity contribution in [1.29, 1.82) is 0 Å². The fraction of sp³-hybridized carbons (Fsp3) is 0.222. The summed E-state index contributed by atoms with van der Waals surface area (Å²) in [5.74, 6) is 0.645. The number of pyridine rings is 1. The van der Waals surface area contributed by atoms with E-state index in [1.54, 1.807) is 12.4 Å². The van der Waals surface area contributed by atoms with E-state index in [9.17, 15) is 0 Å². The molecule has 1 aromatic heterocycles. The molecule has 0 unspecified atom stereocenters. The van der Waals surface area contributed by atoms with Crippen LogP contribution >= 0.6 is 11.6 Å². The highest BCUT2D eigenvalue weighted by molar-refractivity contribution is 6.17. The molecular weight excluding hydrogens is 172 g/mol. The van der Waals surface area contributed by atoms with Gasteiger partial charge in [-0.2, -0.15) is 0 Å². The first-order valence-corrected chi connectivity index (χ1v) is 4.29. The smallest absolute Gasteiger partial charge is 0.0506 e. The van der Waals surface area contributed by atoms with Crippen LogP contribution in [0.3, 0.4) is 0 Å². The Balaban J connectivity index is 2.63. The molecule has 0 saturated carbocycles. The molecule has 0 saturated heterocycles. The van der Waals surface area contributed by atoms with Crippen LogP contribution in [0.4, 0.5) is 5.69 Å². The molecule has 0 fully saturated rings. The summed E-state index contributed by atoms with van der Waals surface area (Å²) in [4.78, 5) is 3.95. The SMILES string of the molecule is Nc1cncc(C=CCCCl)c1. The molecule has 0 aliphatic heterocycles. The molecule has 0 radical (unpaired) electrons. The molecule has 0 aromatic carbocycles. The van der Waals surface area contributed by atoms with Gasteiger partial charge < -0.3 is 5.73 Å². The van der Waals surface area contributed by atoms with E-state index >= 15 is 0 Å². The summed E-state index contributed by atoms with van der Waals surface area (Å²) in [6.07, 6.45) is 8.23. The monoisotopic (exact) mass is 182 g/mol. The lowest BCUT2D eigenvalue weighted by Crippen LogP contribution is -1.86. The number of alkyl halides is 1. The third-order valence-corrected chi connectivity index (χ3v) is 1.58. The van der Waals surface area contributed by atoms with Crippen molar-refractivity contribution in [2.45, 2.75) is 6.42 Å². The van der Waals surface area contributed by atoms with Gasteiger partial charge in [0.2, 0.25) is 0 Å². The molecule has 2 N–H and O–H groups in total. The number of hydrogen-bond donors (Lipinski definition) is 1. The Bertz CT molecular complexity index is 271. The van der Waals surface area contributed by atoms with Crippen molar-refractivity contribution in [3.05, 3.63) is 30.1 Å². The van der Waals surface area contributed by atoms with Crippen LogP contribution in [-0.2, 0) is 0 Å². The second-order valence-electron chi connectivity index (χ2n) is 2.43. The molecule has 1 aromatic rings. The van der Waals surface area contributed by atoms with Gasteiger partial charge in [-0.1, -0.05) is 12.2 Å². The van der Waals surface area contributed by atoms with E-state index in [4.69, 9.17) is 17.3 Å². The minimum atomic E-state index is 0.645. The molecule has 2 nitrogen and oxygen atoms in total. The zero-order chi connectivity index (χ0) is 8.81. The highest BCUT2D eigenvalue weighted by Crippen LogP contribution is 2.06. The number of anilines is 1. The van der Waals surface area contributed by atoms with Crippen molar-refractivity contribution in [2.75, 3.05) is 11.6 Å². The zero-order valence-corrected chi connectivity index (χ0v) is 7.46. The van der Waals surface area contributed by atoms with Gasteiger partial charge >= 0.3 is 0 Å². The maximum atomic E-state index is 5.54. The number of halogens is 1. The highest BCUT2D eigenvalue weighted by atomic mass is 35.5. The summed E-state index contributed by atoms with van der Waals surface area (Å²) in [7, 11) is 0. The van der Waals surface area contributed by atoms with Gasteiger partial charge in [-0.05, 0) is 18.1 Å². The number of nitrogen functional groups attached to an aromatic ring is 1. The van der Waals surface area contributed by atoms with Crippen LogP contribution in [-0.4, -0.2) is 10.9 Å². The van der Waals surface area contributed by atoms with E-state index in [-0.39, 0.29) is 0 Å². The van der Waals surface area contributed by atoms with Crippen molar-refractivity contribution in [3.8, 4) is 0 Å². The van der Waals surface area contributed by atoms with Crippen molar-refractivity contribution in [1.82, 2.24) is 4.98 Å². The van der Waals surface area contributed by atoms with Gasteiger partial charge in [-0.15, -0.1) is 11.6 Å². The first-order valence-electron chi connectivity index (χ1n) is 3.76. The van der Waals surface area contributed by atoms with Gasteiger partial charge in [0, 0.05) is 18.3 Å². The van der Waals surface area contributed by atoms with Gasteiger partial charge in [0.05, 0.1) is 5.69 Å². The molecule has 12 heavy (non-hydrogen) atoms. The van der Waals surface area contributed by atoms with Gasteiger partial charge in [0.1, 0.15) is 0 Å². The Hall–Kier alpha value is -1.02. The van der Waals surface area contributed by atoms with Crippen LogP contribution < -0.4 is 5.73 Å². The topological polar surface area (TPSA) is 38.9 Å². The minimum absolute atomic E-state index is 0.645. The Kier molecular flexibility index (Phi) is 3.61. The van der Waals surface area contributed by atoms with E-state index in [0.717, 1.165) is 12.0 Å². The predicted octanol–water partition coefficient (Wildman–Crippen LogP) is 2.31. The van der Waals surface area contributed by atoms with Crippen molar-refractivity contribution < 1.29 is 0 Å². The largest absolute Gasteiger partial charge is 0.397 e. The van der Waals surface area contributed by atoms with Gasteiger partial charge in [-0.25, -0.2) is 0 Å². The molecule has 0 aliphatic carbocycles. The van der Waals surface area contributed by atoms with Crippen molar-refractivity contribution >= 4 is 23.4 Å². The average molecular weight is 183 g/mol. The average Bonchev–Trinajstić information content (AvgIpc) is 2.05. The maximum Gasteiger partial charge on any atom is 0.0506 e. The fourth-order valence-electron chi connectivity index (χ4n) is 0.850. The summed E-state index contributed by atoms with van der Waals surface area (Å²) in [5, 5.41) is 0. The molecular formula is C9H11ClN2. The fourth-order valence-corrected chi connectivity index (χ4v) is 0.976. The number of rotatable bonds is 3. The van der Waals surface area contributed by atoms with Crippen molar-refractivity contribution in [2.24, 2.45) is 0 Å². The molecule has 0 bridgehead atoms. The Morgan fingerprint density at radius 1 is 1.50 bits per heavy atom. The summed E-state index contributed by atoms with van der Waals surface area (Å²) < 4.78 is 0. The van der Waals surface area contributed by atoms with Crippen LogP contribution in [0.2, 0.25) is 0 Å². The summed E-state index contributed by atoms with van der Waals surface area (Å²) in [5.41, 5.74) is 7.24. The number of allylic oxidation sites excluding steroid dienone is 1. The van der Waals surface area contributed by atoms with Crippen LogP contribution in [0, 0.1) is 0 Å². The summed E-state index contributed by atoms with van der Waals surface area (Å²) in [6.45, 7) is 0. The third kappa shape index (κ3) is 2.93. The second-order valence-corrected chi connectivity index (χ2v) is 2.81. The van der Waals surface area contributed by atoms with Crippen LogP contribution in [0.1, 0.15) is 12.0 Å². The Morgan fingerprint density at radius 2 is 2.33 bits per heavy atom. The van der Waals surface area contributed by atoms with E-state index in [1.165, 1.54) is 0 Å². The maximum absolute atomic E-state index is 5.54. The van der Waals surface area contributed by atoms with Crippen LogP contribution in [0.15, 0.2) is 24.5 Å². The minimum Gasteiger partial charge on any atom is -0.397 e. The number of nitrogens with zero attached hydrogens (tertiary/aromatic N) is 1. The normalized spacial score (nSPS) is 10.8. The first-order chi connectivity index (χ1) is 5.83. The van der Waals surface area contributed by atoms with Crippen molar-refractivity contribution in [3.63, 3.8) is 0 Å². The molecule has 0 aliphatic rings. The lowest BCUT2D eigenvalue weighted by molar-refractivity contribution is 1.24. The zero-order valence-electron chi connectivity index (χ0n) is 6.70. The first kappa shape index (κ1) is 9.07. The summed E-state index contributed by atoms with van der Waals surface area (Å²) in [6, 6.07) is 1.87. The molecule has 1 heterocycles. The standard InChI is InChI=1S/C9H11ClN2/c10-4-2-1-3-8-5-9(11)7-12-6-8/h1,3,5-7H,2,4,11H2. The third-order valence-electron chi connectivity index (χ3n) is 1.37. The molecule has 0 atom stereocenters. The van der Waals surface area contributed by atoms with Gasteiger partial charge in [0.15, 0.2) is 0 Å². The van der Waals surface area contributed by atoms with Crippen LogP contribution in [0.25, 0.3) is 6.08 Å². The van der Waals surface area contributed by atoms with Gasteiger partial charge in [-0.3, -0.25) is 4.98 Å². The molecule has 3 heteroatoms. The highest BCUT2D eigenvalue weighted by Gasteiger charge is 1.87. The molecule has 0 spiro atoms. The Labute approximate surface area is 77.1 Å². The van der Waals surface area contributed by atoms with E-state index in [2.05, 4.69) is 4.98 Å². The second kappa shape index (κ2) is 4.78. The lowest BCUT2D eigenvalue weighted by atomic mass is 10.2. The number of hydrogen-bond acceptors (Lipinski definition) is 2. The summed E-state index contributed by atoms with van der Waals surface area (Å²) >= 11 is 5.51. The quantitative estimate of drug-likeness (QED) is 0.729. The Morgan fingerprint density at radius 3 is 3.00 bits per heavy atom. The number of aromatic nitrogens is 1. The van der Waals surface area contributed by atoms with Gasteiger partial charge in [0.25, 0.3) is 0 Å². The molecule has 0 amide bonds. The molecule has 1 rings (SSSR count). The lowest BCUT2D eigenvalue weighted by Gasteiger charge is -1.93. The number of nitrogens with two attached hydrogens (primary N) is 1.